The van der Waals surface area contributed by atoms with Gasteiger partial charge in [0.2, 0.25) is 17.4 Å². The largest absolute Gasteiger partial charge is 0.467 e. The van der Waals surface area contributed by atoms with Crippen LogP contribution in [0.15, 0.2) is 60.2 Å². The van der Waals surface area contributed by atoms with Crippen LogP contribution in [0.25, 0.3) is 0 Å². The van der Waals surface area contributed by atoms with Crippen molar-refractivity contribution in [1.29, 1.82) is 0 Å². The predicted octanol–water partition coefficient (Wildman–Crippen LogP) is 0.155. The molecule has 3 rings (SSSR count). The van der Waals surface area contributed by atoms with Gasteiger partial charge in [-0.25, -0.2) is 9.18 Å². The molecule has 1 atom stereocenters. The molecule has 13 heteroatoms. The lowest BCUT2D eigenvalue weighted by atomic mass is 9.65. The number of hydrogen-bond acceptors (Lipinski definition) is 8. The SMILES string of the molecule is [B]C([B])(c1ccc(F)cc1)S(=O)(=O)OC1=C(N)O[C@]([B])(c2ccc(C(=O)OC)cc2)C1=O. The highest BCUT2D eigenvalue weighted by molar-refractivity contribution is 7.90. The Kier molecular flexibility index (Phi) is 5.90. The van der Waals surface area contributed by atoms with E-state index in [4.69, 9.17) is 38.2 Å². The highest BCUT2D eigenvalue weighted by atomic mass is 32.2. The topological polar surface area (TPSA) is 122 Å². The monoisotopic (exact) mass is 451 g/mol. The maximum absolute atomic E-state index is 13.2. The average molecular weight is 451 g/mol. The number of hydrogen-bond donors (Lipinski definition) is 1. The molecular weight excluding hydrogens is 438 g/mol. The number of carbonyl (C=O) groups excluding carboxylic acids is 2. The first kappa shape index (κ1) is 23.5. The quantitative estimate of drug-likeness (QED) is 0.375. The molecule has 158 valence electrons. The molecule has 0 bridgehead atoms. The molecular formula is C19H13B3FNO7S. The van der Waals surface area contributed by atoms with E-state index >= 15 is 0 Å². The molecule has 0 fully saturated rings. The lowest BCUT2D eigenvalue weighted by Gasteiger charge is -2.26. The maximum atomic E-state index is 13.2. The van der Waals surface area contributed by atoms with Crippen molar-refractivity contribution in [3.63, 3.8) is 0 Å². The lowest BCUT2D eigenvalue weighted by Crippen LogP contribution is -2.40. The molecule has 0 aliphatic carbocycles. The summed E-state index contributed by atoms with van der Waals surface area (Å²) >= 11 is 0. The normalized spacial score (nSPS) is 18.9. The van der Waals surface area contributed by atoms with E-state index in [-0.39, 0.29) is 16.7 Å². The third-order valence-electron chi connectivity index (χ3n) is 4.68. The molecule has 1 aliphatic rings. The van der Waals surface area contributed by atoms with Crippen LogP contribution in [0, 0.1) is 5.82 Å². The van der Waals surface area contributed by atoms with Crippen LogP contribution in [0.1, 0.15) is 21.5 Å². The summed E-state index contributed by atoms with van der Waals surface area (Å²) in [6, 6.07) is 9.19. The number of nitrogens with two attached hydrogens (primary N) is 1. The second-order valence-corrected chi connectivity index (χ2v) is 8.52. The molecule has 1 aliphatic heterocycles. The zero-order chi connectivity index (χ0) is 23.9. The molecule has 0 spiro atoms. The molecule has 0 unspecified atom stereocenters. The Hall–Kier alpha value is -3.21. The van der Waals surface area contributed by atoms with Crippen molar-refractivity contribution in [2.75, 3.05) is 7.11 Å². The van der Waals surface area contributed by atoms with Gasteiger partial charge in [0.1, 0.15) is 13.7 Å². The molecule has 0 saturated heterocycles. The molecule has 32 heavy (non-hydrogen) atoms. The first-order chi connectivity index (χ1) is 14.8. The van der Waals surface area contributed by atoms with Gasteiger partial charge in [0.05, 0.1) is 32.9 Å². The van der Waals surface area contributed by atoms with Crippen LogP contribution < -0.4 is 5.73 Å². The Morgan fingerprint density at radius 3 is 2.22 bits per heavy atom. The van der Waals surface area contributed by atoms with Gasteiger partial charge in [-0.05, 0) is 35.4 Å². The summed E-state index contributed by atoms with van der Waals surface area (Å²) in [5.41, 5.74) is 3.40. The van der Waals surface area contributed by atoms with E-state index in [0.717, 1.165) is 24.3 Å². The van der Waals surface area contributed by atoms with Crippen LogP contribution in [-0.2, 0) is 38.6 Å². The third-order valence-corrected chi connectivity index (χ3v) is 6.12. The molecule has 8 nitrogen and oxygen atoms in total. The van der Waals surface area contributed by atoms with E-state index in [1.54, 1.807) is 0 Å². The van der Waals surface area contributed by atoms with Gasteiger partial charge in [0, 0.05) is 0 Å². The average Bonchev–Trinajstić information content (AvgIpc) is 2.97. The molecule has 2 N–H and O–H groups in total. The van der Waals surface area contributed by atoms with E-state index in [2.05, 4.69) is 4.74 Å². The minimum absolute atomic E-state index is 0.0411. The molecule has 2 aromatic rings. The Morgan fingerprint density at radius 1 is 1.12 bits per heavy atom. The summed E-state index contributed by atoms with van der Waals surface area (Å²) in [5, 5.41) is 0. The fourth-order valence-corrected chi connectivity index (χ4v) is 3.76. The third kappa shape index (κ3) is 3.88. The summed E-state index contributed by atoms with van der Waals surface area (Å²) in [6.45, 7) is 0. The number of ether oxygens (including phenoxy) is 2. The van der Waals surface area contributed by atoms with Gasteiger partial charge < -0.3 is 19.4 Å². The number of Topliss-reactive ketones (excluding diaryl/α,β-unsaturated/α-hetero) is 1. The first-order valence-electron chi connectivity index (χ1n) is 8.82. The standard InChI is InChI=1S/C19H13B3FNO7S/c1-29-17(26)10-2-4-11(5-3-10)18(20)15(25)14(16(24)30-18)31-32(27,28)19(21,22)12-6-8-13(23)9-7-12/h2-9H,24H2,1H3/t18-/m1/s1. The van der Waals surface area contributed by atoms with Crippen molar-refractivity contribution in [2.24, 2.45) is 5.73 Å². The van der Waals surface area contributed by atoms with Crippen LogP contribution in [0.5, 0.6) is 0 Å². The van der Waals surface area contributed by atoms with Crippen LogP contribution >= 0.6 is 0 Å². The fraction of sp³-hybridized carbons (Fsp3) is 0.158. The number of carbonyl (C=O) groups is 2. The van der Waals surface area contributed by atoms with Crippen LogP contribution in [0.2, 0.25) is 0 Å². The van der Waals surface area contributed by atoms with Crippen LogP contribution in [-0.4, -0.2) is 50.8 Å². The molecule has 0 amide bonds. The summed E-state index contributed by atoms with van der Waals surface area (Å²) in [7, 11) is 13.7. The second-order valence-electron chi connectivity index (χ2n) is 6.77. The van der Waals surface area contributed by atoms with Gasteiger partial charge >= 0.3 is 16.1 Å². The highest BCUT2D eigenvalue weighted by Gasteiger charge is 2.50. The zero-order valence-electron chi connectivity index (χ0n) is 16.6. The van der Waals surface area contributed by atoms with Gasteiger partial charge in [-0.1, -0.05) is 24.3 Å². The Labute approximate surface area is 187 Å². The minimum Gasteiger partial charge on any atom is -0.467 e. The van der Waals surface area contributed by atoms with Crippen molar-refractivity contribution in [2.45, 2.75) is 10.0 Å². The second kappa shape index (κ2) is 8.05. The Balaban J connectivity index is 1.89. The number of methoxy groups -OCH3 is 1. The highest BCUT2D eigenvalue weighted by Crippen LogP contribution is 2.38. The number of benzene rings is 2. The van der Waals surface area contributed by atoms with Gasteiger partial charge in [-0.15, -0.1) is 0 Å². The van der Waals surface area contributed by atoms with Crippen molar-refractivity contribution < 1.29 is 36.1 Å². The van der Waals surface area contributed by atoms with E-state index in [1.165, 1.54) is 31.4 Å². The molecule has 0 saturated carbocycles. The molecule has 0 aromatic heterocycles. The van der Waals surface area contributed by atoms with Crippen LogP contribution in [0.3, 0.4) is 0 Å². The van der Waals surface area contributed by atoms with Crippen LogP contribution in [0.4, 0.5) is 4.39 Å². The summed E-state index contributed by atoms with van der Waals surface area (Å²) in [4.78, 5) is 24.5. The fourth-order valence-electron chi connectivity index (χ4n) is 2.82. The summed E-state index contributed by atoms with van der Waals surface area (Å²) < 4.78 is 50.6. The molecule has 2 aromatic carbocycles. The van der Waals surface area contributed by atoms with Gasteiger partial charge in [0.25, 0.3) is 0 Å². The van der Waals surface area contributed by atoms with Gasteiger partial charge in [-0.3, -0.25) is 4.79 Å². The zero-order valence-corrected chi connectivity index (χ0v) is 17.4. The van der Waals surface area contributed by atoms with Crippen molar-refractivity contribution in [3.8, 4) is 0 Å². The number of rotatable bonds is 6. The van der Waals surface area contributed by atoms with E-state index in [9.17, 15) is 22.4 Å². The number of halogens is 1. The minimum atomic E-state index is -4.95. The maximum Gasteiger partial charge on any atom is 0.337 e. The summed E-state index contributed by atoms with van der Waals surface area (Å²) in [5.74, 6) is -4.09. The number of ketones is 1. The first-order valence-corrected chi connectivity index (χ1v) is 10.2. The van der Waals surface area contributed by atoms with Crippen molar-refractivity contribution >= 4 is 45.4 Å². The van der Waals surface area contributed by atoms with E-state index in [1.807, 2.05) is 0 Å². The number of esters is 1. The Morgan fingerprint density at radius 2 is 1.69 bits per heavy atom. The van der Waals surface area contributed by atoms with E-state index < -0.39 is 49.4 Å². The van der Waals surface area contributed by atoms with Crippen molar-refractivity contribution in [3.05, 3.63) is 82.7 Å². The lowest BCUT2D eigenvalue weighted by molar-refractivity contribution is -0.126. The molecule has 6 radical (unpaired) electrons. The smallest absolute Gasteiger partial charge is 0.337 e. The molecule has 1 heterocycles. The summed E-state index contributed by atoms with van der Waals surface area (Å²) in [6.07, 6.45) is 0. The van der Waals surface area contributed by atoms with Gasteiger partial charge in [-0.2, -0.15) is 8.42 Å². The predicted molar refractivity (Wildman–Crippen MR) is 112 cm³/mol. The van der Waals surface area contributed by atoms with E-state index in [0.29, 0.717) is 0 Å². The Bertz CT molecular complexity index is 1210. The van der Waals surface area contributed by atoms with Crippen molar-refractivity contribution in [1.82, 2.24) is 0 Å². The van der Waals surface area contributed by atoms with Gasteiger partial charge in [0.15, 0.2) is 5.50 Å².